The van der Waals surface area contributed by atoms with Crippen molar-refractivity contribution in [2.24, 2.45) is 0 Å². The molecular weight excluding hydrogens is 132 g/mol. The van der Waals surface area contributed by atoms with Crippen molar-refractivity contribution >= 4 is 17.7 Å². The number of carboxylic acids is 1. The lowest BCUT2D eigenvalue weighted by Crippen LogP contribution is -2.17. The molecule has 1 saturated heterocycles. The van der Waals surface area contributed by atoms with E-state index in [9.17, 15) is 4.79 Å². The number of carboxylic acid groups (broad SMARTS) is 1. The maximum Gasteiger partial charge on any atom is 0.381 e. The number of thioether (sulfide) groups is 1. The normalized spacial score (nSPS) is 22.6. The van der Waals surface area contributed by atoms with Crippen LogP contribution in [-0.4, -0.2) is 22.5 Å². The van der Waals surface area contributed by atoms with E-state index in [-0.39, 0.29) is 0 Å². The van der Waals surface area contributed by atoms with Gasteiger partial charge in [-0.15, -0.1) is 0 Å². The molecule has 1 N–H and O–H groups in total. The van der Waals surface area contributed by atoms with E-state index in [1.807, 2.05) is 0 Å². The van der Waals surface area contributed by atoms with E-state index in [1.54, 1.807) is 6.26 Å². The summed E-state index contributed by atoms with van der Waals surface area (Å²) in [4.78, 5) is 18.4. The van der Waals surface area contributed by atoms with Gasteiger partial charge < -0.3 is 5.11 Å². The van der Waals surface area contributed by atoms with Crippen LogP contribution >= 0.6 is 11.8 Å². The van der Waals surface area contributed by atoms with Gasteiger partial charge in [0.2, 0.25) is 0 Å². The van der Waals surface area contributed by atoms with Gasteiger partial charge in [0, 0.05) is 0 Å². The second-order valence-electron chi connectivity index (χ2n) is 1.23. The lowest BCUT2D eigenvalue weighted by atomic mass is 10.7. The third kappa shape index (κ3) is 0.683. The Bertz CT molecular complexity index is 118. The SMILES string of the molecule is CSC1(C(=O)O)OO1. The second-order valence-corrected chi connectivity index (χ2v) is 2.18. The molecule has 0 aromatic rings. The molecule has 0 aliphatic carbocycles. The molecule has 1 aliphatic rings. The molecule has 0 aromatic heterocycles. The molecule has 0 radical (unpaired) electrons. The summed E-state index contributed by atoms with van der Waals surface area (Å²) < 4.78 is 0. The summed E-state index contributed by atoms with van der Waals surface area (Å²) in [7, 11) is 0. The third-order valence-corrected chi connectivity index (χ3v) is 1.61. The van der Waals surface area contributed by atoms with Crippen molar-refractivity contribution in [3.8, 4) is 0 Å². The molecule has 1 heterocycles. The predicted octanol–water partition coefficient (Wildman–Crippen LogP) is 0.0496. The van der Waals surface area contributed by atoms with Gasteiger partial charge >= 0.3 is 11.1 Å². The molecule has 1 aliphatic heterocycles. The summed E-state index contributed by atoms with van der Waals surface area (Å²) in [6.07, 6.45) is 1.60. The highest BCUT2D eigenvalue weighted by Gasteiger charge is 2.57. The first kappa shape index (κ1) is 5.87. The first-order valence-corrected chi connectivity index (χ1v) is 3.09. The van der Waals surface area contributed by atoms with Crippen LogP contribution in [0.3, 0.4) is 0 Å². The zero-order chi connectivity index (χ0) is 6.20. The van der Waals surface area contributed by atoms with Crippen LogP contribution in [0.1, 0.15) is 0 Å². The van der Waals surface area contributed by atoms with E-state index in [1.165, 1.54) is 0 Å². The lowest BCUT2D eigenvalue weighted by molar-refractivity contribution is -0.140. The van der Waals surface area contributed by atoms with Crippen LogP contribution in [0, 0.1) is 0 Å². The van der Waals surface area contributed by atoms with Crippen LogP contribution in [0.5, 0.6) is 0 Å². The van der Waals surface area contributed by atoms with Crippen LogP contribution in [-0.2, 0) is 14.6 Å². The molecule has 1 rings (SSSR count). The van der Waals surface area contributed by atoms with Gasteiger partial charge in [-0.3, -0.25) is 0 Å². The molecule has 0 amide bonds. The number of hydrogen-bond donors (Lipinski definition) is 1. The van der Waals surface area contributed by atoms with Crippen LogP contribution in [0.2, 0.25) is 0 Å². The van der Waals surface area contributed by atoms with E-state index in [4.69, 9.17) is 5.11 Å². The molecule has 0 spiro atoms. The van der Waals surface area contributed by atoms with E-state index >= 15 is 0 Å². The maximum absolute atomic E-state index is 10.0. The summed E-state index contributed by atoms with van der Waals surface area (Å²) in [6, 6.07) is 0. The highest BCUT2D eigenvalue weighted by molar-refractivity contribution is 8.00. The third-order valence-electron chi connectivity index (χ3n) is 0.765. The molecule has 46 valence electrons. The molecule has 0 aromatic carbocycles. The Hall–Kier alpha value is -0.260. The van der Waals surface area contributed by atoms with Crippen LogP contribution in [0.25, 0.3) is 0 Å². The van der Waals surface area contributed by atoms with Crippen LogP contribution < -0.4 is 0 Å². The highest BCUT2D eigenvalue weighted by atomic mass is 32.2. The molecule has 1 fully saturated rings. The molecule has 5 heteroatoms. The van der Waals surface area contributed by atoms with Gasteiger partial charge in [0.25, 0.3) is 0 Å². The molecule has 0 saturated carbocycles. The summed E-state index contributed by atoms with van der Waals surface area (Å²) in [5.41, 5.74) is 0. The molecule has 0 bridgehead atoms. The van der Waals surface area contributed by atoms with Gasteiger partial charge in [-0.2, -0.15) is 9.78 Å². The molecular formula is C3H4O4S. The monoisotopic (exact) mass is 136 g/mol. The number of carbonyl (C=O) groups is 1. The minimum atomic E-state index is -1.38. The number of rotatable bonds is 2. The second kappa shape index (κ2) is 1.61. The summed E-state index contributed by atoms with van der Waals surface area (Å²) in [5.74, 6) is -1.09. The average Bonchev–Trinajstić information content (AvgIpc) is 2.44. The Kier molecular flexibility index (Phi) is 1.18. The largest absolute Gasteiger partial charge is 0.476 e. The van der Waals surface area contributed by atoms with E-state index in [2.05, 4.69) is 9.78 Å². The Morgan fingerprint density at radius 3 is 2.25 bits per heavy atom. The van der Waals surface area contributed by atoms with Crippen molar-refractivity contribution < 1.29 is 19.7 Å². The topological polar surface area (TPSA) is 62.4 Å². The molecule has 8 heavy (non-hydrogen) atoms. The Morgan fingerprint density at radius 1 is 1.75 bits per heavy atom. The maximum atomic E-state index is 10.0. The molecule has 0 unspecified atom stereocenters. The first-order valence-electron chi connectivity index (χ1n) is 1.87. The fourth-order valence-electron chi connectivity index (χ4n) is 0.264. The van der Waals surface area contributed by atoms with Crippen molar-refractivity contribution in [3.63, 3.8) is 0 Å². The van der Waals surface area contributed by atoms with Crippen LogP contribution in [0.15, 0.2) is 0 Å². The number of aliphatic carboxylic acids is 1. The Balaban J connectivity index is 2.53. The van der Waals surface area contributed by atoms with Crippen molar-refractivity contribution in [1.82, 2.24) is 0 Å². The van der Waals surface area contributed by atoms with Gasteiger partial charge in [-0.05, 0) is 6.26 Å². The van der Waals surface area contributed by atoms with Gasteiger partial charge in [0.05, 0.1) is 0 Å². The van der Waals surface area contributed by atoms with Gasteiger partial charge in [0.1, 0.15) is 0 Å². The average molecular weight is 136 g/mol. The summed E-state index contributed by atoms with van der Waals surface area (Å²) in [5, 5.41) is 6.86. The van der Waals surface area contributed by atoms with Crippen molar-refractivity contribution in [2.75, 3.05) is 6.26 Å². The fourth-order valence-corrected chi connectivity index (χ4v) is 0.609. The van der Waals surface area contributed by atoms with Gasteiger partial charge in [0.15, 0.2) is 0 Å². The lowest BCUT2D eigenvalue weighted by Gasteiger charge is -1.91. The highest BCUT2D eigenvalue weighted by Crippen LogP contribution is 2.39. The van der Waals surface area contributed by atoms with E-state index in [0.717, 1.165) is 11.8 Å². The van der Waals surface area contributed by atoms with Crippen molar-refractivity contribution in [1.29, 1.82) is 0 Å². The Labute approximate surface area is 49.7 Å². The zero-order valence-corrected chi connectivity index (χ0v) is 4.90. The standard InChI is InChI=1S/C3H4O4S/c1-8-3(2(4)5)6-7-3/h1H3,(H,4,5). The predicted molar refractivity (Wildman–Crippen MR) is 26.1 cm³/mol. The minimum absolute atomic E-state index is 1.00. The van der Waals surface area contributed by atoms with E-state index < -0.39 is 11.1 Å². The summed E-state index contributed by atoms with van der Waals surface area (Å²) >= 11 is 1.00. The van der Waals surface area contributed by atoms with Crippen LogP contribution in [0.4, 0.5) is 0 Å². The molecule has 0 atom stereocenters. The zero-order valence-electron chi connectivity index (χ0n) is 4.08. The van der Waals surface area contributed by atoms with Gasteiger partial charge in [-0.1, -0.05) is 11.8 Å². The number of hydrogen-bond acceptors (Lipinski definition) is 4. The minimum Gasteiger partial charge on any atom is -0.476 e. The summed E-state index contributed by atoms with van der Waals surface area (Å²) in [6.45, 7) is 0. The first-order chi connectivity index (χ1) is 3.71. The van der Waals surface area contributed by atoms with E-state index in [0.29, 0.717) is 0 Å². The van der Waals surface area contributed by atoms with Crippen molar-refractivity contribution in [2.45, 2.75) is 5.12 Å². The molecule has 4 nitrogen and oxygen atoms in total. The Morgan fingerprint density at radius 2 is 2.25 bits per heavy atom. The fraction of sp³-hybridized carbons (Fsp3) is 0.667. The smallest absolute Gasteiger partial charge is 0.381 e. The van der Waals surface area contributed by atoms with Crippen molar-refractivity contribution in [3.05, 3.63) is 0 Å². The van der Waals surface area contributed by atoms with Gasteiger partial charge in [-0.25, -0.2) is 4.79 Å². The quantitative estimate of drug-likeness (QED) is 0.429.